The first kappa shape index (κ1) is 27.9. The summed E-state index contributed by atoms with van der Waals surface area (Å²) < 4.78 is 28.7. The van der Waals surface area contributed by atoms with E-state index in [0.29, 0.717) is 30.0 Å². The van der Waals surface area contributed by atoms with Crippen LogP contribution in [0.25, 0.3) is 0 Å². The van der Waals surface area contributed by atoms with E-state index in [1.54, 1.807) is 25.2 Å². The van der Waals surface area contributed by atoms with Gasteiger partial charge in [0.2, 0.25) is 13.7 Å². The van der Waals surface area contributed by atoms with Crippen LogP contribution in [0.5, 0.6) is 0 Å². The molecule has 1 heterocycles. The third-order valence-corrected chi connectivity index (χ3v) is 6.81. The fourth-order valence-corrected chi connectivity index (χ4v) is 5.03. The van der Waals surface area contributed by atoms with Crippen molar-refractivity contribution in [2.75, 3.05) is 19.4 Å². The standard InChI is InChI=1S/C19H31O7P.C4H10/c1-4-15(24-3)8-5-13(2)25-19-18(21)17(20)11-16(26-19)9-10-27(22,23)12-14-6-7-14;1-4(2)3/h4-5,8,14,16-21H,1,6-7,9-12H2,2-3H3,(H,22,23);4H,1-3H3/b13-5+,15-8+;. The van der Waals surface area contributed by atoms with E-state index in [2.05, 4.69) is 27.4 Å². The molecule has 0 spiro atoms. The Hall–Kier alpha value is -1.11. The topological polar surface area (TPSA) is 105 Å². The number of allylic oxidation sites excluding steroid dienone is 4. The lowest BCUT2D eigenvalue weighted by Crippen LogP contribution is -2.49. The Morgan fingerprint density at radius 1 is 1.26 bits per heavy atom. The molecule has 5 unspecified atom stereocenters. The molecular weight excluding hydrogens is 419 g/mol. The Bertz CT molecular complexity index is 652. The van der Waals surface area contributed by atoms with E-state index in [1.807, 2.05) is 0 Å². The van der Waals surface area contributed by atoms with Crippen LogP contribution in [-0.2, 0) is 18.8 Å². The molecule has 0 aromatic carbocycles. The molecule has 180 valence electrons. The zero-order valence-corrected chi connectivity index (χ0v) is 20.5. The summed E-state index contributed by atoms with van der Waals surface area (Å²) in [7, 11) is -1.65. The van der Waals surface area contributed by atoms with Crippen LogP contribution in [0.15, 0.2) is 36.3 Å². The van der Waals surface area contributed by atoms with Crippen LogP contribution in [0, 0.1) is 11.8 Å². The number of hydrogen-bond donors (Lipinski definition) is 3. The van der Waals surface area contributed by atoms with Crippen LogP contribution >= 0.6 is 7.37 Å². The lowest BCUT2D eigenvalue weighted by molar-refractivity contribution is -0.253. The SMILES string of the molecule is C=C/C(=C\C=C(/C)OC1OC(CCP(=O)(O)CC2CC2)CC(O)C1O)OC.CC(C)C. The molecule has 0 radical (unpaired) electrons. The molecule has 3 N–H and O–H groups in total. The summed E-state index contributed by atoms with van der Waals surface area (Å²) >= 11 is 0. The van der Waals surface area contributed by atoms with E-state index >= 15 is 0 Å². The molecule has 5 atom stereocenters. The largest absolute Gasteiger partial charge is 0.497 e. The van der Waals surface area contributed by atoms with Gasteiger partial charge in [-0.25, -0.2) is 0 Å². The first-order valence-corrected chi connectivity index (χ1v) is 13.0. The van der Waals surface area contributed by atoms with Gasteiger partial charge in [0.1, 0.15) is 11.9 Å². The van der Waals surface area contributed by atoms with Crippen molar-refractivity contribution in [1.29, 1.82) is 0 Å². The third-order valence-electron chi connectivity index (χ3n) is 4.77. The Morgan fingerprint density at radius 3 is 2.39 bits per heavy atom. The van der Waals surface area contributed by atoms with Gasteiger partial charge in [0.05, 0.1) is 25.1 Å². The second-order valence-electron chi connectivity index (χ2n) is 9.01. The molecule has 7 nitrogen and oxygen atoms in total. The van der Waals surface area contributed by atoms with Crippen molar-refractivity contribution >= 4 is 7.37 Å². The van der Waals surface area contributed by atoms with Crippen LogP contribution < -0.4 is 0 Å². The summed E-state index contributed by atoms with van der Waals surface area (Å²) in [6.45, 7) is 11.8. The van der Waals surface area contributed by atoms with Gasteiger partial charge in [-0.15, -0.1) is 0 Å². The van der Waals surface area contributed by atoms with Crippen molar-refractivity contribution < 1.29 is 33.9 Å². The normalized spacial score (nSPS) is 28.9. The summed E-state index contributed by atoms with van der Waals surface area (Å²) in [6, 6.07) is 0. The Balaban J connectivity index is 0.00000110. The molecule has 1 saturated heterocycles. The van der Waals surface area contributed by atoms with Crippen molar-refractivity contribution in [2.24, 2.45) is 11.8 Å². The molecule has 8 heteroatoms. The fraction of sp³-hybridized carbons (Fsp3) is 0.739. The number of methoxy groups -OCH3 is 1. The predicted octanol–water partition coefficient (Wildman–Crippen LogP) is 4.19. The molecule has 1 saturated carbocycles. The zero-order chi connectivity index (χ0) is 23.6. The van der Waals surface area contributed by atoms with E-state index in [9.17, 15) is 19.7 Å². The van der Waals surface area contributed by atoms with Gasteiger partial charge in [-0.2, -0.15) is 0 Å². The van der Waals surface area contributed by atoms with Gasteiger partial charge >= 0.3 is 0 Å². The molecule has 2 fully saturated rings. The minimum Gasteiger partial charge on any atom is -0.497 e. The molecule has 2 aliphatic rings. The molecule has 0 amide bonds. The first-order valence-electron chi connectivity index (χ1n) is 11.0. The Morgan fingerprint density at radius 2 is 1.87 bits per heavy atom. The van der Waals surface area contributed by atoms with E-state index in [-0.39, 0.29) is 12.6 Å². The Labute approximate surface area is 187 Å². The van der Waals surface area contributed by atoms with Gasteiger partial charge in [-0.1, -0.05) is 27.4 Å². The van der Waals surface area contributed by atoms with Crippen molar-refractivity contribution in [3.05, 3.63) is 36.3 Å². The highest BCUT2D eigenvalue weighted by Gasteiger charge is 2.39. The fourth-order valence-electron chi connectivity index (χ4n) is 2.98. The maximum absolute atomic E-state index is 12.2. The van der Waals surface area contributed by atoms with Gasteiger partial charge in [0.15, 0.2) is 0 Å². The lowest BCUT2D eigenvalue weighted by Gasteiger charge is -2.37. The molecule has 1 aliphatic carbocycles. The van der Waals surface area contributed by atoms with Crippen LogP contribution in [0.1, 0.15) is 53.4 Å². The second kappa shape index (κ2) is 13.4. The molecular formula is C23H41O7P. The zero-order valence-electron chi connectivity index (χ0n) is 19.6. The lowest BCUT2D eigenvalue weighted by atomic mass is 10.0. The summed E-state index contributed by atoms with van der Waals surface area (Å²) in [4.78, 5) is 10.1. The number of aliphatic hydroxyl groups is 2. The quantitative estimate of drug-likeness (QED) is 0.255. The maximum atomic E-state index is 12.2. The third kappa shape index (κ3) is 11.9. The molecule has 0 bridgehead atoms. The van der Waals surface area contributed by atoms with E-state index < -0.39 is 32.0 Å². The van der Waals surface area contributed by atoms with Crippen molar-refractivity contribution in [2.45, 2.75) is 78.0 Å². The smallest absolute Gasteiger partial charge is 0.228 e. The number of aliphatic hydroxyl groups excluding tert-OH is 2. The van der Waals surface area contributed by atoms with Crippen molar-refractivity contribution in [3.63, 3.8) is 0 Å². The monoisotopic (exact) mass is 460 g/mol. The van der Waals surface area contributed by atoms with Gasteiger partial charge in [0, 0.05) is 18.7 Å². The summed E-state index contributed by atoms with van der Waals surface area (Å²) in [5, 5.41) is 20.2. The molecule has 2 rings (SSSR count). The highest BCUT2D eigenvalue weighted by molar-refractivity contribution is 7.58. The van der Waals surface area contributed by atoms with Gasteiger partial charge in [0.25, 0.3) is 0 Å². The van der Waals surface area contributed by atoms with Crippen molar-refractivity contribution in [1.82, 2.24) is 0 Å². The van der Waals surface area contributed by atoms with Crippen LogP contribution in [-0.4, -0.2) is 59.1 Å². The average Bonchev–Trinajstić information content (AvgIpc) is 3.47. The highest BCUT2D eigenvalue weighted by atomic mass is 31.2. The highest BCUT2D eigenvalue weighted by Crippen LogP contribution is 2.49. The van der Waals surface area contributed by atoms with E-state index in [1.165, 1.54) is 7.11 Å². The first-order chi connectivity index (χ1) is 14.5. The summed E-state index contributed by atoms with van der Waals surface area (Å²) in [6.07, 6.45) is 4.28. The summed E-state index contributed by atoms with van der Waals surface area (Å²) in [5.41, 5.74) is 0. The van der Waals surface area contributed by atoms with Crippen molar-refractivity contribution in [3.8, 4) is 0 Å². The molecule has 1 aliphatic heterocycles. The molecule has 0 aromatic rings. The van der Waals surface area contributed by atoms with Crippen LogP contribution in [0.3, 0.4) is 0 Å². The number of ether oxygens (including phenoxy) is 3. The number of hydrogen-bond acceptors (Lipinski definition) is 6. The molecule has 0 aromatic heterocycles. The number of rotatable bonds is 10. The van der Waals surface area contributed by atoms with Crippen LogP contribution in [0.4, 0.5) is 0 Å². The van der Waals surface area contributed by atoms with Gasteiger partial charge < -0.3 is 29.3 Å². The van der Waals surface area contributed by atoms with Crippen LogP contribution in [0.2, 0.25) is 0 Å². The van der Waals surface area contributed by atoms with E-state index in [4.69, 9.17) is 14.2 Å². The second-order valence-corrected chi connectivity index (χ2v) is 11.5. The Kier molecular flexibility index (Phi) is 12.1. The van der Waals surface area contributed by atoms with Gasteiger partial charge in [-0.05, 0) is 56.3 Å². The summed E-state index contributed by atoms with van der Waals surface area (Å²) in [5.74, 6) is 2.23. The van der Waals surface area contributed by atoms with Gasteiger partial charge in [-0.3, -0.25) is 4.57 Å². The van der Waals surface area contributed by atoms with E-state index in [0.717, 1.165) is 18.8 Å². The maximum Gasteiger partial charge on any atom is 0.228 e. The predicted molar refractivity (Wildman–Crippen MR) is 123 cm³/mol. The average molecular weight is 461 g/mol. The minimum atomic E-state index is -3.17. The minimum absolute atomic E-state index is 0.151. The molecule has 31 heavy (non-hydrogen) atoms.